The molecule has 3 heterocycles. The SMILES string of the molecule is NC(=O)c1ncc(N[C@@H]2CCCC[C@@H]2N)nc1Nc1ccn2ccnc2c1. The van der Waals surface area contributed by atoms with E-state index >= 15 is 0 Å². The van der Waals surface area contributed by atoms with E-state index in [0.717, 1.165) is 37.0 Å². The molecule has 140 valence electrons. The van der Waals surface area contributed by atoms with Crippen molar-refractivity contribution in [3.63, 3.8) is 0 Å². The molecule has 0 unspecified atom stereocenters. The molecule has 6 N–H and O–H groups in total. The number of imidazole rings is 1. The third-order valence-electron chi connectivity index (χ3n) is 4.82. The zero-order valence-corrected chi connectivity index (χ0v) is 14.8. The molecule has 1 aliphatic carbocycles. The number of nitrogens with zero attached hydrogens (tertiary/aromatic N) is 4. The lowest BCUT2D eigenvalue weighted by Gasteiger charge is -2.29. The van der Waals surface area contributed by atoms with Gasteiger partial charge in [0.05, 0.1) is 6.20 Å². The molecule has 0 saturated heterocycles. The Kier molecular flexibility index (Phi) is 4.59. The number of amides is 1. The Morgan fingerprint density at radius 2 is 2.07 bits per heavy atom. The molecule has 0 radical (unpaired) electrons. The van der Waals surface area contributed by atoms with Crippen molar-refractivity contribution in [1.29, 1.82) is 0 Å². The highest BCUT2D eigenvalue weighted by Crippen LogP contribution is 2.23. The first-order valence-corrected chi connectivity index (χ1v) is 8.99. The smallest absolute Gasteiger partial charge is 0.271 e. The number of carbonyl (C=O) groups is 1. The summed E-state index contributed by atoms with van der Waals surface area (Å²) in [6, 6.07) is 3.93. The normalized spacial score (nSPS) is 19.7. The summed E-state index contributed by atoms with van der Waals surface area (Å²) in [5, 5.41) is 6.47. The summed E-state index contributed by atoms with van der Waals surface area (Å²) in [4.78, 5) is 24.7. The molecule has 2 atom stereocenters. The number of pyridine rings is 1. The van der Waals surface area contributed by atoms with E-state index in [1.807, 2.05) is 28.9 Å². The largest absolute Gasteiger partial charge is 0.364 e. The molecule has 0 spiro atoms. The summed E-state index contributed by atoms with van der Waals surface area (Å²) < 4.78 is 1.88. The number of hydrogen-bond donors (Lipinski definition) is 4. The minimum Gasteiger partial charge on any atom is -0.364 e. The first kappa shape index (κ1) is 17.2. The fourth-order valence-corrected chi connectivity index (χ4v) is 3.38. The molecule has 3 aromatic heterocycles. The van der Waals surface area contributed by atoms with Gasteiger partial charge in [-0.25, -0.2) is 15.0 Å². The Bertz CT molecular complexity index is 969. The number of nitrogens with two attached hydrogens (primary N) is 2. The van der Waals surface area contributed by atoms with Crippen molar-refractivity contribution in [3.8, 4) is 0 Å². The number of anilines is 3. The fraction of sp³-hybridized carbons (Fsp3) is 0.333. The summed E-state index contributed by atoms with van der Waals surface area (Å²) in [5.74, 6) is 0.215. The van der Waals surface area contributed by atoms with Crippen molar-refractivity contribution in [1.82, 2.24) is 19.4 Å². The van der Waals surface area contributed by atoms with E-state index in [-0.39, 0.29) is 17.8 Å². The average Bonchev–Trinajstić information content (AvgIpc) is 3.11. The Morgan fingerprint density at radius 1 is 1.22 bits per heavy atom. The molecule has 1 saturated carbocycles. The molecule has 0 aliphatic heterocycles. The second-order valence-corrected chi connectivity index (χ2v) is 6.75. The van der Waals surface area contributed by atoms with E-state index in [0.29, 0.717) is 11.6 Å². The molecule has 3 aromatic rings. The number of hydrogen-bond acceptors (Lipinski definition) is 7. The number of carbonyl (C=O) groups excluding carboxylic acids is 1. The van der Waals surface area contributed by atoms with Crippen LogP contribution in [-0.2, 0) is 0 Å². The number of nitrogens with one attached hydrogen (secondary N) is 2. The first-order chi connectivity index (χ1) is 13.1. The summed E-state index contributed by atoms with van der Waals surface area (Å²) in [6.45, 7) is 0. The molecule has 0 bridgehead atoms. The van der Waals surface area contributed by atoms with Gasteiger partial charge in [-0.1, -0.05) is 12.8 Å². The molecule has 0 aromatic carbocycles. The average molecular weight is 366 g/mol. The highest BCUT2D eigenvalue weighted by molar-refractivity contribution is 5.96. The summed E-state index contributed by atoms with van der Waals surface area (Å²) in [5.41, 5.74) is 13.2. The zero-order chi connectivity index (χ0) is 18.8. The van der Waals surface area contributed by atoms with E-state index < -0.39 is 5.91 Å². The van der Waals surface area contributed by atoms with Crippen LogP contribution in [0.5, 0.6) is 0 Å². The van der Waals surface area contributed by atoms with Gasteiger partial charge in [0.25, 0.3) is 5.91 Å². The third-order valence-corrected chi connectivity index (χ3v) is 4.82. The van der Waals surface area contributed by atoms with Crippen molar-refractivity contribution >= 4 is 28.9 Å². The topological polar surface area (TPSA) is 136 Å². The van der Waals surface area contributed by atoms with Crippen molar-refractivity contribution in [3.05, 3.63) is 42.6 Å². The van der Waals surface area contributed by atoms with Gasteiger partial charge in [0.2, 0.25) is 0 Å². The lowest BCUT2D eigenvalue weighted by Crippen LogP contribution is -2.42. The van der Waals surface area contributed by atoms with Gasteiger partial charge in [-0.15, -0.1) is 0 Å². The van der Waals surface area contributed by atoms with Crippen molar-refractivity contribution in [2.45, 2.75) is 37.8 Å². The molecule has 27 heavy (non-hydrogen) atoms. The van der Waals surface area contributed by atoms with Crippen LogP contribution < -0.4 is 22.1 Å². The quantitative estimate of drug-likeness (QED) is 0.539. The van der Waals surface area contributed by atoms with Gasteiger partial charge in [-0.2, -0.15) is 0 Å². The standard InChI is InChI=1S/C18H22N8O/c19-12-3-1-2-4-13(12)24-14-10-22-16(17(20)27)18(25-14)23-11-5-7-26-8-6-21-15(26)9-11/h5-10,12-13H,1-4,19H2,(H2,20,27)(H2,23,24,25)/t12-,13+/m0/s1. The summed E-state index contributed by atoms with van der Waals surface area (Å²) >= 11 is 0. The molecule has 4 rings (SSSR count). The monoisotopic (exact) mass is 366 g/mol. The lowest BCUT2D eigenvalue weighted by molar-refractivity contribution is 0.0996. The zero-order valence-electron chi connectivity index (χ0n) is 14.8. The van der Waals surface area contributed by atoms with Gasteiger partial charge >= 0.3 is 0 Å². The van der Waals surface area contributed by atoms with E-state index in [4.69, 9.17) is 11.5 Å². The van der Waals surface area contributed by atoms with E-state index in [2.05, 4.69) is 25.6 Å². The van der Waals surface area contributed by atoms with Crippen LogP contribution in [-0.4, -0.2) is 37.3 Å². The van der Waals surface area contributed by atoms with Crippen LogP contribution in [0.3, 0.4) is 0 Å². The predicted octanol–water partition coefficient (Wildman–Crippen LogP) is 1.65. The highest BCUT2D eigenvalue weighted by Gasteiger charge is 2.22. The molecule has 9 heteroatoms. The Hall–Kier alpha value is -3.20. The summed E-state index contributed by atoms with van der Waals surface area (Å²) in [6.07, 6.45) is 11.2. The van der Waals surface area contributed by atoms with Crippen LogP contribution in [0.25, 0.3) is 5.65 Å². The summed E-state index contributed by atoms with van der Waals surface area (Å²) in [7, 11) is 0. The van der Waals surface area contributed by atoms with Crippen LogP contribution in [0.1, 0.15) is 36.2 Å². The van der Waals surface area contributed by atoms with Gasteiger partial charge < -0.3 is 26.5 Å². The van der Waals surface area contributed by atoms with Crippen LogP contribution >= 0.6 is 0 Å². The van der Waals surface area contributed by atoms with Crippen LogP contribution in [0.4, 0.5) is 17.3 Å². The Morgan fingerprint density at radius 3 is 2.89 bits per heavy atom. The minimum absolute atomic E-state index is 0.0793. The Labute approximate surface area is 156 Å². The number of primary amides is 1. The van der Waals surface area contributed by atoms with Gasteiger partial charge in [-0.3, -0.25) is 4.79 Å². The molecular formula is C18H22N8O. The second-order valence-electron chi connectivity index (χ2n) is 6.75. The van der Waals surface area contributed by atoms with E-state index in [1.54, 1.807) is 6.20 Å². The van der Waals surface area contributed by atoms with Gasteiger partial charge in [-0.05, 0) is 18.9 Å². The van der Waals surface area contributed by atoms with Gasteiger partial charge in [0.15, 0.2) is 11.5 Å². The molecule has 1 amide bonds. The fourth-order valence-electron chi connectivity index (χ4n) is 3.38. The highest BCUT2D eigenvalue weighted by atomic mass is 16.1. The third kappa shape index (κ3) is 3.68. The lowest BCUT2D eigenvalue weighted by atomic mass is 9.91. The maximum absolute atomic E-state index is 11.8. The number of aromatic nitrogens is 4. The van der Waals surface area contributed by atoms with Gasteiger partial charge in [0, 0.05) is 42.4 Å². The first-order valence-electron chi connectivity index (χ1n) is 8.99. The second kappa shape index (κ2) is 7.20. The molecule has 1 aliphatic rings. The number of rotatable bonds is 5. The minimum atomic E-state index is -0.646. The predicted molar refractivity (Wildman–Crippen MR) is 103 cm³/mol. The van der Waals surface area contributed by atoms with Crippen molar-refractivity contribution in [2.24, 2.45) is 11.5 Å². The van der Waals surface area contributed by atoms with E-state index in [1.165, 1.54) is 6.20 Å². The van der Waals surface area contributed by atoms with Gasteiger partial charge in [0.1, 0.15) is 11.5 Å². The molecule has 1 fully saturated rings. The van der Waals surface area contributed by atoms with E-state index in [9.17, 15) is 4.79 Å². The maximum Gasteiger partial charge on any atom is 0.271 e. The number of fused-ring (bicyclic) bond motifs is 1. The van der Waals surface area contributed by atoms with Crippen LogP contribution in [0, 0.1) is 0 Å². The van der Waals surface area contributed by atoms with Crippen molar-refractivity contribution < 1.29 is 4.79 Å². The molecule has 9 nitrogen and oxygen atoms in total. The molecular weight excluding hydrogens is 344 g/mol. The van der Waals surface area contributed by atoms with Crippen molar-refractivity contribution in [2.75, 3.05) is 10.6 Å². The maximum atomic E-state index is 11.8. The van der Waals surface area contributed by atoms with Crippen LogP contribution in [0.15, 0.2) is 36.9 Å². The van der Waals surface area contributed by atoms with Crippen LogP contribution in [0.2, 0.25) is 0 Å². The Balaban J connectivity index is 1.61.